The number of thiophene rings is 1. The van der Waals surface area contributed by atoms with Gasteiger partial charge in [-0.2, -0.15) is 26.3 Å². The minimum absolute atomic E-state index is 0.150. The molecule has 2 amide bonds. The van der Waals surface area contributed by atoms with Gasteiger partial charge in [0.1, 0.15) is 0 Å². The fraction of sp³-hybridized carbons (Fsp3) is 0.188. The predicted molar refractivity (Wildman–Crippen MR) is 83.5 cm³/mol. The van der Waals surface area contributed by atoms with Crippen molar-refractivity contribution in [1.82, 2.24) is 5.32 Å². The van der Waals surface area contributed by atoms with Gasteiger partial charge in [-0.25, -0.2) is 4.79 Å². The van der Waals surface area contributed by atoms with E-state index in [-0.39, 0.29) is 23.1 Å². The number of hydrogen-bond acceptors (Lipinski definition) is 5. The number of nitrogens with one attached hydrogen (secondary N) is 1. The Morgan fingerprint density at radius 3 is 2.00 bits per heavy atom. The second-order valence-corrected chi connectivity index (χ2v) is 6.17. The van der Waals surface area contributed by atoms with E-state index in [2.05, 4.69) is 4.74 Å². The Morgan fingerprint density at radius 1 is 0.964 bits per heavy atom. The van der Waals surface area contributed by atoms with Crippen molar-refractivity contribution in [3.63, 3.8) is 0 Å². The number of halogens is 6. The third-order valence-corrected chi connectivity index (χ3v) is 4.02. The summed E-state index contributed by atoms with van der Waals surface area (Å²) in [7, 11) is 0. The van der Waals surface area contributed by atoms with Gasteiger partial charge in [0.25, 0.3) is 11.8 Å². The van der Waals surface area contributed by atoms with Crippen LogP contribution in [0, 0.1) is 0 Å². The number of hydrogen-bond donors (Lipinski definition) is 1. The van der Waals surface area contributed by atoms with Crippen LogP contribution in [0.5, 0.6) is 0 Å². The molecular formula is C16H9F6NO4S. The Kier molecular flexibility index (Phi) is 6.12. The largest absolute Gasteiger partial charge is 0.452 e. The smallest absolute Gasteiger partial charge is 0.416 e. The molecule has 0 unspecified atom stereocenters. The molecule has 0 bridgehead atoms. The van der Waals surface area contributed by atoms with Gasteiger partial charge >= 0.3 is 18.3 Å². The summed E-state index contributed by atoms with van der Waals surface area (Å²) in [5.74, 6) is -3.49. The summed E-state index contributed by atoms with van der Waals surface area (Å²) < 4.78 is 81.0. The highest BCUT2D eigenvalue weighted by Gasteiger charge is 2.37. The molecule has 0 aliphatic heterocycles. The van der Waals surface area contributed by atoms with E-state index in [4.69, 9.17) is 0 Å². The van der Waals surface area contributed by atoms with Crippen LogP contribution in [0.2, 0.25) is 0 Å². The molecule has 150 valence electrons. The highest BCUT2D eigenvalue weighted by molar-refractivity contribution is 7.12. The second kappa shape index (κ2) is 8.00. The first-order valence-electron chi connectivity index (χ1n) is 7.22. The molecule has 0 fully saturated rings. The molecule has 1 aromatic carbocycles. The lowest BCUT2D eigenvalue weighted by Crippen LogP contribution is -2.33. The molecule has 28 heavy (non-hydrogen) atoms. The van der Waals surface area contributed by atoms with E-state index in [9.17, 15) is 40.7 Å². The molecule has 0 aliphatic rings. The van der Waals surface area contributed by atoms with Crippen LogP contribution >= 0.6 is 11.3 Å². The van der Waals surface area contributed by atoms with Crippen molar-refractivity contribution >= 4 is 29.1 Å². The van der Waals surface area contributed by atoms with Gasteiger partial charge in [0.2, 0.25) is 0 Å². The molecule has 1 heterocycles. The monoisotopic (exact) mass is 425 g/mol. The fourth-order valence-electron chi connectivity index (χ4n) is 1.92. The number of ether oxygens (including phenoxy) is 1. The van der Waals surface area contributed by atoms with Crippen LogP contribution in [0.25, 0.3) is 0 Å². The van der Waals surface area contributed by atoms with Crippen LogP contribution in [0.3, 0.4) is 0 Å². The van der Waals surface area contributed by atoms with Crippen LogP contribution in [0.1, 0.15) is 31.2 Å². The molecule has 12 heteroatoms. The second-order valence-electron chi connectivity index (χ2n) is 5.23. The van der Waals surface area contributed by atoms with E-state index >= 15 is 0 Å². The molecule has 0 saturated carbocycles. The van der Waals surface area contributed by atoms with Gasteiger partial charge < -0.3 is 4.74 Å². The first kappa shape index (κ1) is 21.4. The number of amides is 2. The number of benzene rings is 1. The van der Waals surface area contributed by atoms with E-state index in [1.165, 1.54) is 12.1 Å². The average molecular weight is 425 g/mol. The number of esters is 1. The van der Waals surface area contributed by atoms with E-state index < -0.39 is 53.4 Å². The van der Waals surface area contributed by atoms with Gasteiger partial charge in [-0.1, -0.05) is 6.07 Å². The Balaban J connectivity index is 2.11. The molecule has 0 radical (unpaired) electrons. The zero-order valence-corrected chi connectivity index (χ0v) is 14.3. The van der Waals surface area contributed by atoms with Crippen LogP contribution in [0.4, 0.5) is 26.3 Å². The summed E-state index contributed by atoms with van der Waals surface area (Å²) in [5, 5.41) is 3.42. The Hall–Kier alpha value is -2.89. The molecule has 2 aromatic rings. The number of imide groups is 1. The molecule has 5 nitrogen and oxygen atoms in total. The normalized spacial score (nSPS) is 11.8. The standard InChI is InChI=1S/C16H9F6NO4S/c17-15(18,19)9-4-8(5-10(6-9)16(20,21)22)14(26)27-7-12(24)23-13(25)11-2-1-3-28-11/h1-6H,7H2,(H,23,24,25). The summed E-state index contributed by atoms with van der Waals surface area (Å²) in [6, 6.07) is 3.14. The third kappa shape index (κ3) is 5.55. The molecule has 2 rings (SSSR count). The van der Waals surface area contributed by atoms with Crippen LogP contribution < -0.4 is 5.32 Å². The lowest BCUT2D eigenvalue weighted by atomic mass is 10.0. The van der Waals surface area contributed by atoms with Gasteiger partial charge in [0, 0.05) is 0 Å². The highest BCUT2D eigenvalue weighted by Crippen LogP contribution is 2.36. The summed E-state index contributed by atoms with van der Waals surface area (Å²) in [4.78, 5) is 35.2. The van der Waals surface area contributed by atoms with Crippen molar-refractivity contribution in [3.8, 4) is 0 Å². The van der Waals surface area contributed by atoms with E-state index in [1.807, 2.05) is 5.32 Å². The van der Waals surface area contributed by atoms with Crippen molar-refractivity contribution in [1.29, 1.82) is 0 Å². The SMILES string of the molecule is O=C(COC(=O)c1cc(C(F)(F)F)cc(C(F)(F)F)c1)NC(=O)c1cccs1. The highest BCUT2D eigenvalue weighted by atomic mass is 32.1. The first-order valence-corrected chi connectivity index (χ1v) is 8.10. The zero-order valence-electron chi connectivity index (χ0n) is 13.5. The van der Waals surface area contributed by atoms with Gasteiger partial charge in [-0.15, -0.1) is 11.3 Å². The molecule has 1 aromatic heterocycles. The van der Waals surface area contributed by atoms with Gasteiger partial charge in [0.05, 0.1) is 21.6 Å². The van der Waals surface area contributed by atoms with Gasteiger partial charge in [-0.3, -0.25) is 14.9 Å². The average Bonchev–Trinajstić information content (AvgIpc) is 3.12. The topological polar surface area (TPSA) is 72.5 Å². The minimum atomic E-state index is -5.14. The quantitative estimate of drug-likeness (QED) is 0.596. The molecule has 0 aliphatic carbocycles. The maximum Gasteiger partial charge on any atom is 0.416 e. The molecule has 0 atom stereocenters. The summed E-state index contributed by atoms with van der Waals surface area (Å²) in [6.07, 6.45) is -10.3. The Labute approximate surface area is 156 Å². The van der Waals surface area contributed by atoms with Gasteiger partial charge in [-0.05, 0) is 29.6 Å². The van der Waals surface area contributed by atoms with E-state index in [1.54, 1.807) is 5.38 Å². The van der Waals surface area contributed by atoms with Crippen LogP contribution in [0.15, 0.2) is 35.7 Å². The maximum absolute atomic E-state index is 12.8. The molecule has 0 saturated heterocycles. The molecular weight excluding hydrogens is 416 g/mol. The van der Waals surface area contributed by atoms with Crippen LogP contribution in [-0.4, -0.2) is 24.4 Å². The summed E-state index contributed by atoms with van der Waals surface area (Å²) in [5.41, 5.74) is -4.45. The maximum atomic E-state index is 12.8. The lowest BCUT2D eigenvalue weighted by molar-refractivity contribution is -0.143. The zero-order chi connectivity index (χ0) is 21.1. The van der Waals surface area contributed by atoms with Gasteiger partial charge in [0.15, 0.2) is 6.61 Å². The Morgan fingerprint density at radius 2 is 1.54 bits per heavy atom. The molecule has 0 spiro atoms. The van der Waals surface area contributed by atoms with E-state index in [0.29, 0.717) is 0 Å². The van der Waals surface area contributed by atoms with Crippen molar-refractivity contribution in [2.75, 3.05) is 6.61 Å². The van der Waals surface area contributed by atoms with Crippen LogP contribution in [-0.2, 0) is 21.9 Å². The summed E-state index contributed by atoms with van der Waals surface area (Å²) in [6.45, 7) is -1.08. The number of rotatable bonds is 4. The fourth-order valence-corrected chi connectivity index (χ4v) is 2.54. The number of carbonyl (C=O) groups excluding carboxylic acids is 3. The number of carbonyl (C=O) groups is 3. The van der Waals surface area contributed by atoms with Crippen molar-refractivity contribution < 1.29 is 45.5 Å². The third-order valence-electron chi connectivity index (χ3n) is 3.16. The lowest BCUT2D eigenvalue weighted by Gasteiger charge is -2.13. The minimum Gasteiger partial charge on any atom is -0.452 e. The first-order chi connectivity index (χ1) is 12.9. The van der Waals surface area contributed by atoms with Crippen molar-refractivity contribution in [2.24, 2.45) is 0 Å². The van der Waals surface area contributed by atoms with E-state index in [0.717, 1.165) is 11.3 Å². The van der Waals surface area contributed by atoms with Crippen molar-refractivity contribution in [2.45, 2.75) is 12.4 Å². The predicted octanol–water partition coefficient (Wildman–Crippen LogP) is 3.90. The Bertz CT molecular complexity index is 857. The molecule has 1 N–H and O–H groups in total. The number of alkyl halides is 6. The van der Waals surface area contributed by atoms with Crippen molar-refractivity contribution in [3.05, 3.63) is 57.3 Å². The summed E-state index contributed by atoms with van der Waals surface area (Å²) >= 11 is 1.02.